The first-order chi connectivity index (χ1) is 7.29. The summed E-state index contributed by atoms with van der Waals surface area (Å²) in [6.07, 6.45) is 9.53. The largest absolute Gasteiger partial charge is 0.393 e. The molecular weight excluding hydrogens is 190 g/mol. The molecule has 0 bridgehead atoms. The summed E-state index contributed by atoms with van der Waals surface area (Å²) in [4.78, 5) is 4.90. The quantitative estimate of drug-likeness (QED) is 0.690. The maximum atomic E-state index is 9.47. The maximum absolute atomic E-state index is 9.47. The van der Waals surface area contributed by atoms with Crippen LogP contribution in [0.5, 0.6) is 0 Å². The molecule has 2 saturated carbocycles. The Kier molecular flexibility index (Phi) is 4.00. The lowest BCUT2D eigenvalue weighted by Crippen LogP contribution is -2.30. The van der Waals surface area contributed by atoms with E-state index in [2.05, 4.69) is 0 Å². The van der Waals surface area contributed by atoms with E-state index >= 15 is 0 Å². The van der Waals surface area contributed by atoms with Gasteiger partial charge in [0.05, 0.1) is 12.2 Å². The van der Waals surface area contributed by atoms with Crippen molar-refractivity contribution in [3.05, 3.63) is 0 Å². The predicted molar refractivity (Wildman–Crippen MR) is 59.0 cm³/mol. The van der Waals surface area contributed by atoms with E-state index in [9.17, 15) is 5.11 Å². The summed E-state index contributed by atoms with van der Waals surface area (Å²) in [5, 5.41) is 9.47. The minimum absolute atomic E-state index is 0.0232. The summed E-state index contributed by atoms with van der Waals surface area (Å²) in [7, 11) is 0. The van der Waals surface area contributed by atoms with Crippen molar-refractivity contribution in [3.8, 4) is 0 Å². The highest BCUT2D eigenvalue weighted by Crippen LogP contribution is 2.38. The first-order valence-electron chi connectivity index (χ1n) is 6.33. The number of hydrogen-bond acceptors (Lipinski definition) is 3. The van der Waals surface area contributed by atoms with E-state index in [0.717, 1.165) is 37.5 Å². The SMILES string of the molecule is NOC1CCC(C2CCC(O)CC2)CC1. The molecule has 0 aromatic heterocycles. The van der Waals surface area contributed by atoms with Crippen molar-refractivity contribution in [1.82, 2.24) is 0 Å². The van der Waals surface area contributed by atoms with E-state index in [1.54, 1.807) is 0 Å². The molecule has 2 aliphatic rings. The second-order valence-electron chi connectivity index (χ2n) is 5.24. The van der Waals surface area contributed by atoms with Crippen LogP contribution >= 0.6 is 0 Å². The van der Waals surface area contributed by atoms with Crippen molar-refractivity contribution >= 4 is 0 Å². The van der Waals surface area contributed by atoms with Crippen molar-refractivity contribution in [2.45, 2.75) is 63.6 Å². The summed E-state index contributed by atoms with van der Waals surface area (Å²) >= 11 is 0. The van der Waals surface area contributed by atoms with Crippen molar-refractivity contribution in [2.24, 2.45) is 17.7 Å². The molecule has 0 aliphatic heterocycles. The van der Waals surface area contributed by atoms with E-state index in [1.165, 1.54) is 25.7 Å². The predicted octanol–water partition coefficient (Wildman–Crippen LogP) is 1.99. The Balaban J connectivity index is 1.75. The van der Waals surface area contributed by atoms with Gasteiger partial charge in [-0.05, 0) is 63.2 Å². The van der Waals surface area contributed by atoms with Crippen molar-refractivity contribution in [1.29, 1.82) is 0 Å². The van der Waals surface area contributed by atoms with Gasteiger partial charge in [-0.3, -0.25) is 0 Å². The van der Waals surface area contributed by atoms with Crippen molar-refractivity contribution < 1.29 is 9.94 Å². The van der Waals surface area contributed by atoms with Crippen LogP contribution < -0.4 is 5.90 Å². The second-order valence-corrected chi connectivity index (χ2v) is 5.24. The first kappa shape index (κ1) is 11.4. The molecule has 0 heterocycles. The summed E-state index contributed by atoms with van der Waals surface area (Å²) in [6, 6.07) is 0. The van der Waals surface area contributed by atoms with E-state index in [1.807, 2.05) is 0 Å². The molecule has 88 valence electrons. The maximum Gasteiger partial charge on any atom is 0.0787 e. The van der Waals surface area contributed by atoms with Gasteiger partial charge in [0.15, 0.2) is 0 Å². The molecule has 0 spiro atoms. The molecule has 0 radical (unpaired) electrons. The molecule has 0 unspecified atom stereocenters. The van der Waals surface area contributed by atoms with E-state index in [-0.39, 0.29) is 6.10 Å². The number of aliphatic hydroxyl groups is 1. The van der Waals surface area contributed by atoms with E-state index in [0.29, 0.717) is 6.10 Å². The third kappa shape index (κ3) is 2.92. The Morgan fingerprint density at radius 1 is 0.800 bits per heavy atom. The topological polar surface area (TPSA) is 55.5 Å². The molecule has 0 aromatic rings. The average molecular weight is 213 g/mol. The monoisotopic (exact) mass is 213 g/mol. The molecule has 3 nitrogen and oxygen atoms in total. The highest BCUT2D eigenvalue weighted by atomic mass is 16.6. The second kappa shape index (κ2) is 5.28. The van der Waals surface area contributed by atoms with Gasteiger partial charge in [0.2, 0.25) is 0 Å². The van der Waals surface area contributed by atoms with Gasteiger partial charge >= 0.3 is 0 Å². The summed E-state index contributed by atoms with van der Waals surface area (Å²) < 4.78 is 0. The van der Waals surface area contributed by atoms with Gasteiger partial charge < -0.3 is 9.94 Å². The molecular formula is C12H23NO2. The van der Waals surface area contributed by atoms with Crippen molar-refractivity contribution in [2.75, 3.05) is 0 Å². The number of rotatable bonds is 2. The molecule has 0 amide bonds. The van der Waals surface area contributed by atoms with Gasteiger partial charge in [0.25, 0.3) is 0 Å². The lowest BCUT2D eigenvalue weighted by molar-refractivity contribution is 0.00233. The Morgan fingerprint density at radius 2 is 1.27 bits per heavy atom. The van der Waals surface area contributed by atoms with E-state index in [4.69, 9.17) is 10.7 Å². The van der Waals surface area contributed by atoms with E-state index < -0.39 is 0 Å². The summed E-state index contributed by atoms with van der Waals surface area (Å²) in [5.41, 5.74) is 0. The lowest BCUT2D eigenvalue weighted by Gasteiger charge is -2.36. The van der Waals surface area contributed by atoms with Gasteiger partial charge in [0, 0.05) is 0 Å². The van der Waals surface area contributed by atoms with Crippen LogP contribution in [0, 0.1) is 11.8 Å². The average Bonchev–Trinajstić information content (AvgIpc) is 2.30. The fourth-order valence-electron chi connectivity index (χ4n) is 3.27. The van der Waals surface area contributed by atoms with Gasteiger partial charge in [-0.2, -0.15) is 0 Å². The zero-order valence-corrected chi connectivity index (χ0v) is 9.40. The number of hydrogen-bond donors (Lipinski definition) is 2. The fraction of sp³-hybridized carbons (Fsp3) is 1.00. The minimum Gasteiger partial charge on any atom is -0.393 e. The summed E-state index contributed by atoms with van der Waals surface area (Å²) in [5.74, 6) is 6.93. The Hall–Kier alpha value is -0.120. The van der Waals surface area contributed by atoms with Gasteiger partial charge in [0.1, 0.15) is 0 Å². The Bertz CT molecular complexity index is 182. The van der Waals surface area contributed by atoms with Crippen LogP contribution in [0.15, 0.2) is 0 Å². The zero-order chi connectivity index (χ0) is 10.7. The lowest BCUT2D eigenvalue weighted by atomic mass is 9.72. The Labute approximate surface area is 91.9 Å². The first-order valence-corrected chi connectivity index (χ1v) is 6.33. The standard InChI is InChI=1S/C12H23NO2/c13-15-12-7-3-10(4-8-12)9-1-5-11(14)6-2-9/h9-12,14H,1-8,13H2. The number of aliphatic hydroxyl groups excluding tert-OH is 1. The molecule has 0 atom stereocenters. The third-order valence-corrected chi connectivity index (χ3v) is 4.32. The molecule has 3 heteroatoms. The van der Waals surface area contributed by atoms with Crippen molar-refractivity contribution in [3.63, 3.8) is 0 Å². The van der Waals surface area contributed by atoms with Crippen LogP contribution in [0.3, 0.4) is 0 Å². The van der Waals surface area contributed by atoms with Crippen LogP contribution in [0.4, 0.5) is 0 Å². The third-order valence-electron chi connectivity index (χ3n) is 4.32. The molecule has 0 aromatic carbocycles. The van der Waals surface area contributed by atoms with Crippen LogP contribution in [-0.4, -0.2) is 17.3 Å². The highest BCUT2D eigenvalue weighted by molar-refractivity contribution is 4.81. The molecule has 0 saturated heterocycles. The normalized spacial score (nSPS) is 42.8. The van der Waals surface area contributed by atoms with Gasteiger partial charge in [-0.1, -0.05) is 0 Å². The van der Waals surface area contributed by atoms with Gasteiger partial charge in [-0.25, -0.2) is 5.90 Å². The Morgan fingerprint density at radius 3 is 1.73 bits per heavy atom. The van der Waals surface area contributed by atoms with Crippen LogP contribution in [-0.2, 0) is 4.84 Å². The zero-order valence-electron chi connectivity index (χ0n) is 9.40. The van der Waals surface area contributed by atoms with Gasteiger partial charge in [-0.15, -0.1) is 0 Å². The van der Waals surface area contributed by atoms with Crippen LogP contribution in [0.25, 0.3) is 0 Å². The molecule has 2 fully saturated rings. The molecule has 2 aliphatic carbocycles. The van der Waals surface area contributed by atoms with Crippen LogP contribution in [0.2, 0.25) is 0 Å². The summed E-state index contributed by atoms with van der Waals surface area (Å²) in [6.45, 7) is 0. The smallest absolute Gasteiger partial charge is 0.0787 e. The highest BCUT2D eigenvalue weighted by Gasteiger charge is 2.30. The minimum atomic E-state index is -0.0232. The number of nitrogens with two attached hydrogens (primary N) is 1. The molecule has 3 N–H and O–H groups in total. The fourth-order valence-corrected chi connectivity index (χ4v) is 3.27. The molecule has 15 heavy (non-hydrogen) atoms. The van der Waals surface area contributed by atoms with Crippen LogP contribution in [0.1, 0.15) is 51.4 Å². The molecule has 2 rings (SSSR count).